The van der Waals surface area contributed by atoms with Crippen LogP contribution in [0.4, 0.5) is 23.1 Å². The second-order valence-electron chi connectivity index (χ2n) is 21.4. The zero-order chi connectivity index (χ0) is 66.3. The van der Waals surface area contributed by atoms with Crippen LogP contribution in [0.5, 0.6) is 0 Å². The molecule has 488 valence electrons. The lowest BCUT2D eigenvalue weighted by molar-refractivity contribution is -0.147. The molecule has 91 heavy (non-hydrogen) atoms. The van der Waals surface area contributed by atoms with Crippen molar-refractivity contribution >= 4 is 111 Å². The molecule has 4 aromatic rings. The van der Waals surface area contributed by atoms with Gasteiger partial charge in [-0.1, -0.05) is 31.7 Å². The molecule has 0 aliphatic carbocycles. The number of amides is 9. The van der Waals surface area contributed by atoms with Gasteiger partial charge in [0.05, 0.1) is 50.9 Å². The first-order valence-corrected chi connectivity index (χ1v) is 29.4. The van der Waals surface area contributed by atoms with Crippen LogP contribution in [0.25, 0.3) is 11.2 Å². The van der Waals surface area contributed by atoms with Gasteiger partial charge in [-0.2, -0.15) is 9.97 Å². The number of nitrogen functional groups attached to an aromatic ring is 2. The van der Waals surface area contributed by atoms with Gasteiger partial charge in [0.2, 0.25) is 41.4 Å². The summed E-state index contributed by atoms with van der Waals surface area (Å²) in [4.78, 5) is 185. The first kappa shape index (κ1) is 69.7. The minimum Gasteiger partial charge on any atom is -0.480 e. The van der Waals surface area contributed by atoms with E-state index in [4.69, 9.17) is 25.7 Å². The second-order valence-corrected chi connectivity index (χ2v) is 21.4. The van der Waals surface area contributed by atoms with Crippen molar-refractivity contribution in [2.45, 2.75) is 139 Å². The number of carbonyl (C=O) groups excluding carboxylic acids is 12. The number of anilines is 4. The highest BCUT2D eigenvalue weighted by Crippen LogP contribution is 2.32. The summed E-state index contributed by atoms with van der Waals surface area (Å²) in [7, 11) is 4.97. The molecule has 0 spiro atoms. The van der Waals surface area contributed by atoms with Crippen molar-refractivity contribution in [2.24, 2.45) is 0 Å². The number of fused-ring (bicyclic) bond motifs is 2. The predicted octanol–water partition coefficient (Wildman–Crippen LogP) is 0.468. The highest BCUT2D eigenvalue weighted by molar-refractivity contribution is 6.25. The number of carbonyl (C=O) groups is 13. The fourth-order valence-corrected chi connectivity index (χ4v) is 9.99. The summed E-state index contributed by atoms with van der Waals surface area (Å²) in [6, 6.07) is 4.49. The molecule has 1 fully saturated rings. The maximum absolute atomic E-state index is 13.3. The average molecular weight is 1270 g/mol. The molecule has 6 rings (SSSR count). The monoisotopic (exact) mass is 1270 g/mol. The van der Waals surface area contributed by atoms with E-state index in [1.807, 2.05) is 4.90 Å². The molecule has 9 amide bonds. The lowest BCUT2D eigenvalue weighted by atomic mass is 10.0. The molecule has 5 atom stereocenters. The number of esters is 3. The molecule has 2 aliphatic rings. The molecule has 2 aromatic carbocycles. The minimum absolute atomic E-state index is 0.0238. The Hall–Kier alpha value is -10.4. The van der Waals surface area contributed by atoms with E-state index in [2.05, 4.69) is 57.2 Å². The van der Waals surface area contributed by atoms with Gasteiger partial charge in [-0.15, -0.1) is 0 Å². The summed E-state index contributed by atoms with van der Waals surface area (Å²) in [5, 5.41) is 27.9. The van der Waals surface area contributed by atoms with E-state index in [9.17, 15) is 67.4 Å². The van der Waals surface area contributed by atoms with Crippen molar-refractivity contribution in [3.8, 4) is 0 Å². The lowest BCUT2D eigenvalue weighted by Gasteiger charge is -2.27. The van der Waals surface area contributed by atoms with Crippen LogP contribution in [0.3, 0.4) is 0 Å². The number of nitrogens with one attached hydrogen (secondary N) is 7. The summed E-state index contributed by atoms with van der Waals surface area (Å²) >= 11 is 0. The number of aromatic nitrogens is 4. The van der Waals surface area contributed by atoms with Crippen molar-refractivity contribution < 1.29 is 81.6 Å². The van der Waals surface area contributed by atoms with Gasteiger partial charge in [0.15, 0.2) is 17.0 Å². The van der Waals surface area contributed by atoms with Gasteiger partial charge < -0.3 is 67.6 Å². The Balaban J connectivity index is 0.853. The van der Waals surface area contributed by atoms with Crippen molar-refractivity contribution in [2.75, 3.05) is 63.2 Å². The molecule has 5 unspecified atom stereocenters. The third-order valence-corrected chi connectivity index (χ3v) is 14.9. The Kier molecular flexibility index (Phi) is 25.9. The van der Waals surface area contributed by atoms with E-state index in [0.29, 0.717) is 36.6 Å². The molecule has 2 aliphatic heterocycles. The molecule has 2 aromatic heterocycles. The smallest absolute Gasteiger partial charge is 0.328 e. The number of unbranched alkanes of at least 4 members (excludes halogenated alkanes) is 5. The van der Waals surface area contributed by atoms with Gasteiger partial charge in [-0.25, -0.2) is 29.1 Å². The lowest BCUT2D eigenvalue weighted by Crippen LogP contribution is -2.54. The Bertz CT molecular complexity index is 3390. The number of nitrogens with two attached hydrogens (primary N) is 2. The zero-order valence-corrected chi connectivity index (χ0v) is 50.8. The van der Waals surface area contributed by atoms with Crippen LogP contribution in [0.15, 0.2) is 48.7 Å². The van der Waals surface area contributed by atoms with Crippen LogP contribution < -0.4 is 53.6 Å². The number of hydrogen-bond donors (Lipinski definition) is 10. The van der Waals surface area contributed by atoms with Crippen LogP contribution in [-0.4, -0.2) is 179 Å². The Morgan fingerprint density at radius 3 is 1.76 bits per heavy atom. The minimum atomic E-state index is -1.53. The molecule has 32 heteroatoms. The Morgan fingerprint density at radius 2 is 1.21 bits per heavy atom. The van der Waals surface area contributed by atoms with Gasteiger partial charge in [0.25, 0.3) is 17.7 Å². The fourth-order valence-electron chi connectivity index (χ4n) is 9.99. The second kappa shape index (κ2) is 33.8. The quantitative estimate of drug-likeness (QED) is 0.0129. The van der Waals surface area contributed by atoms with Gasteiger partial charge in [-0.05, 0) is 81.3 Å². The van der Waals surface area contributed by atoms with Gasteiger partial charge in [0, 0.05) is 69.2 Å². The maximum Gasteiger partial charge on any atom is 0.328 e. The topological polar surface area (TPSA) is 464 Å². The van der Waals surface area contributed by atoms with Gasteiger partial charge in [0.1, 0.15) is 30.2 Å². The molecule has 0 saturated carbocycles. The van der Waals surface area contributed by atoms with E-state index < -0.39 is 127 Å². The molecule has 32 nitrogen and oxygen atoms in total. The highest BCUT2D eigenvalue weighted by atomic mass is 16.5. The van der Waals surface area contributed by atoms with E-state index in [0.717, 1.165) is 58.3 Å². The summed E-state index contributed by atoms with van der Waals surface area (Å²) in [5.41, 5.74) is 14.3. The molecule has 4 heterocycles. The van der Waals surface area contributed by atoms with Crippen LogP contribution in [-0.2, 0) is 68.7 Å². The number of nitrogens with zero attached hydrogens (tertiary/aromatic N) is 6. The molecular formula is C59H75N15O17. The first-order valence-electron chi connectivity index (χ1n) is 29.4. The normalized spacial score (nSPS) is 14.8. The molecule has 12 N–H and O–H groups in total. The SMILES string of the molecule is COC(=O)C(CCC(=O)NCCCCCCCCNc1cccc2c1C(=O)N(C1CCC(=O)NC1=O)C2=O)NC(=O)CCC(NC(=O)CCC(NC(=O)CCC(NC(=O)c1ccc(N(C)Cc2cnc3nc(N)nc(N)c3n2)cc1)C(=O)O)C(=O)OC)C(=O)OC. The van der Waals surface area contributed by atoms with Gasteiger partial charge >= 0.3 is 23.9 Å². The summed E-state index contributed by atoms with van der Waals surface area (Å²) in [6.07, 6.45) is 3.81. The van der Waals surface area contributed by atoms with Crippen LogP contribution in [0, 0.1) is 0 Å². The van der Waals surface area contributed by atoms with Gasteiger partial charge in [-0.3, -0.25) is 53.4 Å². The Morgan fingerprint density at radius 1 is 0.670 bits per heavy atom. The number of methoxy groups -OCH3 is 3. The Labute approximate surface area is 521 Å². The maximum atomic E-state index is 13.3. The zero-order valence-electron chi connectivity index (χ0n) is 50.8. The van der Waals surface area contributed by atoms with E-state index >= 15 is 0 Å². The number of carboxylic acids is 1. The van der Waals surface area contributed by atoms with Crippen LogP contribution in [0.2, 0.25) is 0 Å². The molecule has 1 saturated heterocycles. The van der Waals surface area contributed by atoms with Crippen LogP contribution in [0.1, 0.15) is 140 Å². The fraction of sp³-hybridized carbons (Fsp3) is 0.475. The van der Waals surface area contributed by atoms with Crippen molar-refractivity contribution in [1.82, 2.24) is 56.7 Å². The van der Waals surface area contributed by atoms with Crippen molar-refractivity contribution in [3.63, 3.8) is 0 Å². The summed E-state index contributed by atoms with van der Waals surface area (Å²) in [6.45, 7) is 1.16. The highest BCUT2D eigenvalue weighted by Gasteiger charge is 2.45. The number of ether oxygens (including phenoxy) is 3. The number of carboxylic acid groups (broad SMARTS) is 1. The molecule has 0 radical (unpaired) electrons. The standard InChI is InChI=1S/C59H75N15O17/c1-73(31-33-30-64-50-48(65-33)49(60)71-59(61)72-50)34-16-14-32(15-17-34)51(80)69-37(55(84)85)18-24-43(76)67-39(57(87)90-3)20-26-45(78)68-40(58(88)91-4)21-25-44(77)66-38(56(86)89-2)19-23-42(75)63-29-10-8-6-5-7-9-28-62-36-13-11-12-35-47(36)54(83)74(53(35)82)41-22-27-46(79)70-52(41)81/h11-17,30,37-41,62H,5-10,18-29,31H2,1-4H3,(H,63,75)(H,66,77)(H,67,76)(H,68,78)(H,69,80)(H,84,85)(H,70,79,81)(H4,60,61,64,71,72). The first-order chi connectivity index (χ1) is 43.5. The number of rotatable bonds is 35. The largest absolute Gasteiger partial charge is 0.480 e. The predicted molar refractivity (Wildman–Crippen MR) is 322 cm³/mol. The van der Waals surface area contributed by atoms with E-state index in [1.165, 1.54) is 24.4 Å². The average Bonchev–Trinajstić information content (AvgIpc) is 1.63. The number of aliphatic carboxylic acids is 1. The van der Waals surface area contributed by atoms with Crippen molar-refractivity contribution in [3.05, 3.63) is 71.0 Å². The summed E-state index contributed by atoms with van der Waals surface area (Å²) < 4.78 is 14.4. The summed E-state index contributed by atoms with van der Waals surface area (Å²) in [5.74, 6) is -9.85. The van der Waals surface area contributed by atoms with E-state index in [-0.39, 0.29) is 90.6 Å². The van der Waals surface area contributed by atoms with Crippen molar-refractivity contribution in [1.29, 1.82) is 0 Å². The molecular weight excluding hydrogens is 1190 g/mol. The number of hydrogen-bond acceptors (Lipinski definition) is 24. The number of piperidine rings is 1. The number of imide groups is 2. The van der Waals surface area contributed by atoms with E-state index in [1.54, 1.807) is 31.3 Å². The van der Waals surface area contributed by atoms with Crippen LogP contribution >= 0.6 is 0 Å². The number of benzene rings is 2. The third kappa shape index (κ3) is 20.0. The third-order valence-electron chi connectivity index (χ3n) is 14.9. The molecule has 0 bridgehead atoms.